The van der Waals surface area contributed by atoms with E-state index in [9.17, 15) is 0 Å². The maximum atomic E-state index is 6.11. The molecule has 102 valence electrons. The van der Waals surface area contributed by atoms with Gasteiger partial charge in [0.1, 0.15) is 22.3 Å². The second-order valence-corrected chi connectivity index (χ2v) is 6.51. The topological polar surface area (TPSA) is 35.0 Å². The summed E-state index contributed by atoms with van der Waals surface area (Å²) in [5.41, 5.74) is 0. The van der Waals surface area contributed by atoms with Gasteiger partial charge in [0, 0.05) is 9.86 Å². The molecule has 0 saturated heterocycles. The van der Waals surface area contributed by atoms with Crippen molar-refractivity contribution in [1.29, 1.82) is 0 Å². The molecule has 3 rings (SSSR count). The molecule has 20 heavy (non-hydrogen) atoms. The molecule has 0 aliphatic carbocycles. The normalized spacial score (nSPS) is 10.9. The molecule has 0 atom stereocenters. The second-order valence-electron chi connectivity index (χ2n) is 3.93. The molecule has 0 fully saturated rings. The summed E-state index contributed by atoms with van der Waals surface area (Å²) < 4.78 is 6.54. The number of thiophene rings is 1. The van der Waals surface area contributed by atoms with Crippen molar-refractivity contribution in [1.82, 2.24) is 9.97 Å². The molecule has 0 spiro atoms. The monoisotopic (exact) mass is 388 g/mol. The van der Waals surface area contributed by atoms with Gasteiger partial charge in [0.15, 0.2) is 5.82 Å². The molecule has 0 unspecified atom stereocenters. The molecule has 2 aromatic heterocycles. The van der Waals surface area contributed by atoms with Gasteiger partial charge in [0.2, 0.25) is 0 Å². The van der Waals surface area contributed by atoms with Gasteiger partial charge in [-0.15, -0.1) is 11.3 Å². The summed E-state index contributed by atoms with van der Waals surface area (Å²) in [4.78, 5) is 9.48. The van der Waals surface area contributed by atoms with E-state index in [2.05, 4.69) is 25.9 Å². The Labute approximate surface area is 137 Å². The minimum atomic E-state index is 0.212. The van der Waals surface area contributed by atoms with Crippen molar-refractivity contribution in [2.45, 2.75) is 6.61 Å². The third-order valence-electron chi connectivity index (χ3n) is 2.57. The number of benzene rings is 1. The molecule has 7 heteroatoms. The zero-order chi connectivity index (χ0) is 14.1. The van der Waals surface area contributed by atoms with Gasteiger partial charge in [0.25, 0.3) is 0 Å². The number of rotatable bonds is 3. The number of nitrogens with zero attached hydrogens (tertiary/aromatic N) is 2. The van der Waals surface area contributed by atoms with Gasteiger partial charge in [-0.1, -0.05) is 39.1 Å². The van der Waals surface area contributed by atoms with Gasteiger partial charge in [-0.05, 0) is 29.6 Å². The smallest absolute Gasteiger partial charge is 0.169 e. The molecule has 0 aliphatic rings. The van der Waals surface area contributed by atoms with Crippen LogP contribution in [0, 0.1) is 0 Å². The SMILES string of the molecule is Clc1ccc(Br)cc1OCc1nc(Cl)c2ccsc2n1. The molecular weight excluding hydrogens is 383 g/mol. The Morgan fingerprint density at radius 1 is 1.20 bits per heavy atom. The lowest BCUT2D eigenvalue weighted by molar-refractivity contribution is 0.296. The zero-order valence-electron chi connectivity index (χ0n) is 9.94. The molecule has 1 aromatic carbocycles. The number of halogens is 3. The van der Waals surface area contributed by atoms with Crippen LogP contribution in [0.4, 0.5) is 0 Å². The van der Waals surface area contributed by atoms with Crippen molar-refractivity contribution in [3.05, 3.63) is 50.1 Å². The summed E-state index contributed by atoms with van der Waals surface area (Å²) in [7, 11) is 0. The largest absolute Gasteiger partial charge is 0.484 e. The third-order valence-corrected chi connectivity index (χ3v) is 4.48. The Bertz CT molecular complexity index is 778. The predicted molar refractivity (Wildman–Crippen MR) is 85.9 cm³/mol. The van der Waals surface area contributed by atoms with Crippen molar-refractivity contribution in [3.63, 3.8) is 0 Å². The number of aromatic nitrogens is 2. The average Bonchev–Trinajstić information content (AvgIpc) is 2.89. The summed E-state index contributed by atoms with van der Waals surface area (Å²) in [6, 6.07) is 7.31. The average molecular weight is 390 g/mol. The first-order chi connectivity index (χ1) is 9.63. The van der Waals surface area contributed by atoms with E-state index in [1.807, 2.05) is 17.5 Å². The van der Waals surface area contributed by atoms with Crippen LogP contribution in [0.25, 0.3) is 10.2 Å². The summed E-state index contributed by atoms with van der Waals surface area (Å²) >= 11 is 17.1. The van der Waals surface area contributed by atoms with Crippen molar-refractivity contribution >= 4 is 60.7 Å². The van der Waals surface area contributed by atoms with E-state index in [1.165, 1.54) is 11.3 Å². The zero-order valence-corrected chi connectivity index (χ0v) is 13.9. The van der Waals surface area contributed by atoms with Crippen LogP contribution in [0.2, 0.25) is 10.2 Å². The van der Waals surface area contributed by atoms with E-state index >= 15 is 0 Å². The lowest BCUT2D eigenvalue weighted by Crippen LogP contribution is -2.02. The fourth-order valence-electron chi connectivity index (χ4n) is 1.66. The Hall–Kier alpha value is -0.880. The van der Waals surface area contributed by atoms with Crippen LogP contribution in [-0.2, 0) is 6.61 Å². The molecule has 0 aliphatic heterocycles. The summed E-state index contributed by atoms with van der Waals surface area (Å²) in [5, 5.41) is 3.77. The lowest BCUT2D eigenvalue weighted by Gasteiger charge is -2.08. The fourth-order valence-corrected chi connectivity index (χ4v) is 3.26. The van der Waals surface area contributed by atoms with Crippen LogP contribution in [0.1, 0.15) is 5.82 Å². The van der Waals surface area contributed by atoms with Crippen LogP contribution in [0.3, 0.4) is 0 Å². The van der Waals surface area contributed by atoms with Crippen LogP contribution < -0.4 is 4.74 Å². The standard InChI is InChI=1S/C13H7BrCl2N2OS/c14-7-1-2-9(15)10(5-7)19-6-11-17-12(16)8-3-4-20-13(8)18-11/h1-5H,6H2. The first-order valence-electron chi connectivity index (χ1n) is 5.61. The number of fused-ring (bicyclic) bond motifs is 1. The summed E-state index contributed by atoms with van der Waals surface area (Å²) in [6.45, 7) is 0.212. The van der Waals surface area contributed by atoms with Gasteiger partial charge in [-0.2, -0.15) is 0 Å². The first-order valence-corrected chi connectivity index (χ1v) is 8.04. The first kappa shape index (κ1) is 14.1. The molecular formula is C13H7BrCl2N2OS. The predicted octanol–water partition coefficient (Wildman–Crippen LogP) is 5.34. The molecule has 0 N–H and O–H groups in total. The summed E-state index contributed by atoms with van der Waals surface area (Å²) in [6.07, 6.45) is 0. The molecule has 0 radical (unpaired) electrons. The minimum absolute atomic E-state index is 0.212. The third kappa shape index (κ3) is 2.91. The van der Waals surface area contributed by atoms with Gasteiger partial charge in [-0.25, -0.2) is 9.97 Å². The second kappa shape index (κ2) is 5.85. The van der Waals surface area contributed by atoms with Gasteiger partial charge in [-0.3, -0.25) is 0 Å². The molecule has 0 amide bonds. The van der Waals surface area contributed by atoms with Crippen LogP contribution in [0.5, 0.6) is 5.75 Å². The quantitative estimate of drug-likeness (QED) is 0.567. The molecule has 0 saturated carbocycles. The van der Waals surface area contributed by atoms with E-state index in [-0.39, 0.29) is 6.61 Å². The van der Waals surface area contributed by atoms with E-state index < -0.39 is 0 Å². The highest BCUT2D eigenvalue weighted by Crippen LogP contribution is 2.29. The highest BCUT2D eigenvalue weighted by atomic mass is 79.9. The van der Waals surface area contributed by atoms with Crippen molar-refractivity contribution < 1.29 is 4.74 Å². The summed E-state index contributed by atoms with van der Waals surface area (Å²) in [5.74, 6) is 1.10. The number of hydrogen-bond acceptors (Lipinski definition) is 4. The van der Waals surface area contributed by atoms with Crippen molar-refractivity contribution in [2.75, 3.05) is 0 Å². The molecule has 3 nitrogen and oxygen atoms in total. The van der Waals surface area contributed by atoms with E-state index in [0.29, 0.717) is 21.7 Å². The number of hydrogen-bond donors (Lipinski definition) is 0. The Morgan fingerprint density at radius 2 is 2.05 bits per heavy atom. The molecule has 2 heterocycles. The highest BCUT2D eigenvalue weighted by Gasteiger charge is 2.09. The fraction of sp³-hybridized carbons (Fsp3) is 0.0769. The van der Waals surface area contributed by atoms with Gasteiger partial charge < -0.3 is 4.74 Å². The van der Waals surface area contributed by atoms with Gasteiger partial charge in [0.05, 0.1) is 5.02 Å². The van der Waals surface area contributed by atoms with Crippen LogP contribution in [0.15, 0.2) is 34.1 Å². The highest BCUT2D eigenvalue weighted by molar-refractivity contribution is 9.10. The van der Waals surface area contributed by atoms with Crippen LogP contribution in [-0.4, -0.2) is 9.97 Å². The maximum Gasteiger partial charge on any atom is 0.169 e. The van der Waals surface area contributed by atoms with E-state index in [4.69, 9.17) is 27.9 Å². The maximum absolute atomic E-state index is 6.11. The van der Waals surface area contributed by atoms with Gasteiger partial charge >= 0.3 is 0 Å². The van der Waals surface area contributed by atoms with Crippen LogP contribution >= 0.6 is 50.5 Å². The van der Waals surface area contributed by atoms with E-state index in [1.54, 1.807) is 12.1 Å². The lowest BCUT2D eigenvalue weighted by atomic mass is 10.3. The molecule has 3 aromatic rings. The Kier molecular flexibility index (Phi) is 4.12. The van der Waals surface area contributed by atoms with E-state index in [0.717, 1.165) is 14.7 Å². The number of ether oxygens (including phenoxy) is 1. The molecule has 0 bridgehead atoms. The minimum Gasteiger partial charge on any atom is -0.484 e. The van der Waals surface area contributed by atoms with Crippen molar-refractivity contribution in [3.8, 4) is 5.75 Å². The Morgan fingerprint density at radius 3 is 2.90 bits per heavy atom. The van der Waals surface area contributed by atoms with Crippen molar-refractivity contribution in [2.24, 2.45) is 0 Å². The Balaban J connectivity index is 1.84.